The first kappa shape index (κ1) is 25.1. The number of piperidine rings is 1. The zero-order valence-electron chi connectivity index (χ0n) is 21.6. The number of pyridine rings is 1. The van der Waals surface area contributed by atoms with Crippen molar-refractivity contribution in [1.82, 2.24) is 24.5 Å². The van der Waals surface area contributed by atoms with Gasteiger partial charge in [0.1, 0.15) is 5.82 Å². The number of Topliss-reactive ketones (excluding diaryl/α,β-unsaturated/α-hetero) is 1. The molecule has 2 saturated heterocycles. The fourth-order valence-electron chi connectivity index (χ4n) is 6.24. The second-order valence-corrected chi connectivity index (χ2v) is 10.4. The highest BCUT2D eigenvalue weighted by molar-refractivity contribution is 6.00. The summed E-state index contributed by atoms with van der Waals surface area (Å²) in [6, 6.07) is 13.6. The lowest BCUT2D eigenvalue weighted by molar-refractivity contribution is -0.147. The number of anilines is 1. The van der Waals surface area contributed by atoms with Gasteiger partial charge < -0.3 is 20.8 Å². The van der Waals surface area contributed by atoms with Crippen LogP contribution in [-0.4, -0.2) is 71.2 Å². The van der Waals surface area contributed by atoms with Gasteiger partial charge in [0.25, 0.3) is 5.91 Å². The smallest absolute Gasteiger partial charge is 0.254 e. The minimum absolute atomic E-state index is 0.0923. The number of aliphatic hydroxyl groups excluding tert-OH is 2. The second-order valence-electron chi connectivity index (χ2n) is 10.4. The number of aromatic nitrogens is 4. The van der Waals surface area contributed by atoms with E-state index in [2.05, 4.69) is 10.1 Å². The molecule has 2 aliphatic rings. The van der Waals surface area contributed by atoms with Crippen LogP contribution in [0, 0.1) is 0 Å². The largest absolute Gasteiger partial charge is 0.393 e. The molecule has 4 aromatic rings. The average Bonchev–Trinajstić information content (AvgIpc) is 3.50. The van der Waals surface area contributed by atoms with Crippen molar-refractivity contribution in [3.63, 3.8) is 0 Å². The number of benzene rings is 1. The third-order valence-corrected chi connectivity index (χ3v) is 8.04. The Morgan fingerprint density at radius 1 is 1.05 bits per heavy atom. The van der Waals surface area contributed by atoms with E-state index in [9.17, 15) is 19.8 Å². The summed E-state index contributed by atoms with van der Waals surface area (Å²) >= 11 is 0. The molecule has 200 valence electrons. The Morgan fingerprint density at radius 3 is 2.38 bits per heavy atom. The van der Waals surface area contributed by atoms with Crippen LogP contribution in [0.15, 0.2) is 54.9 Å². The summed E-state index contributed by atoms with van der Waals surface area (Å²) in [5.74, 6) is -0.485. The lowest BCUT2D eigenvalue weighted by Crippen LogP contribution is -2.51. The molecular weight excluding hydrogens is 496 g/mol. The average molecular weight is 527 g/mol. The number of amides is 1. The number of aliphatic hydroxyl groups is 2. The van der Waals surface area contributed by atoms with Crippen molar-refractivity contribution in [1.29, 1.82) is 0 Å². The molecule has 10 heteroatoms. The molecular formula is C29H30N6O4. The molecule has 2 aliphatic heterocycles. The zero-order chi connectivity index (χ0) is 27.3. The summed E-state index contributed by atoms with van der Waals surface area (Å²) in [6.45, 7) is 0.872. The van der Waals surface area contributed by atoms with Crippen LogP contribution >= 0.6 is 0 Å². The topological polar surface area (TPSA) is 147 Å². The van der Waals surface area contributed by atoms with Crippen molar-refractivity contribution >= 4 is 23.2 Å². The monoisotopic (exact) mass is 526 g/mol. The van der Waals surface area contributed by atoms with Gasteiger partial charge in [0, 0.05) is 40.9 Å². The summed E-state index contributed by atoms with van der Waals surface area (Å²) in [7, 11) is 0. The number of rotatable bonds is 6. The summed E-state index contributed by atoms with van der Waals surface area (Å²) in [6.07, 6.45) is 4.85. The van der Waals surface area contributed by atoms with E-state index in [-0.39, 0.29) is 29.6 Å². The van der Waals surface area contributed by atoms with Gasteiger partial charge in [0.2, 0.25) is 0 Å². The van der Waals surface area contributed by atoms with Gasteiger partial charge in [0.15, 0.2) is 17.5 Å². The predicted molar refractivity (Wildman–Crippen MR) is 145 cm³/mol. The second kappa shape index (κ2) is 9.87. The lowest BCUT2D eigenvalue weighted by Gasteiger charge is -2.40. The van der Waals surface area contributed by atoms with Crippen LogP contribution in [0.1, 0.15) is 54.6 Å². The molecule has 2 bridgehead atoms. The van der Waals surface area contributed by atoms with Crippen molar-refractivity contribution < 1.29 is 19.8 Å². The maximum atomic E-state index is 12.8. The van der Waals surface area contributed by atoms with Crippen LogP contribution in [0.4, 0.5) is 5.82 Å². The Labute approximate surface area is 225 Å². The fourth-order valence-corrected chi connectivity index (χ4v) is 6.24. The Balaban J connectivity index is 1.38. The van der Waals surface area contributed by atoms with Gasteiger partial charge >= 0.3 is 0 Å². The minimum atomic E-state index is -1.42. The molecule has 1 amide bonds. The highest BCUT2D eigenvalue weighted by Crippen LogP contribution is 2.44. The standard InChI is InChI=1S/C29H30N6O4/c1-16(37)25-26(19-11-20-8-9-21(12-19)34(20)29(39)24(38)15-36)33-28-22(14-32-35(28)27(25)30)18-7-10-23(31-13-18)17-5-3-2-4-6-17/h2-7,10,13-14,19-21,24,36,38H,8-9,11-12,15,30H2,1H3/t19-,20+,21-,24-/m1/s1. The van der Waals surface area contributed by atoms with E-state index in [0.29, 0.717) is 29.7 Å². The highest BCUT2D eigenvalue weighted by atomic mass is 16.3. The van der Waals surface area contributed by atoms with E-state index in [4.69, 9.17) is 10.7 Å². The molecule has 3 aromatic heterocycles. The summed E-state index contributed by atoms with van der Waals surface area (Å²) in [4.78, 5) is 36.9. The third-order valence-electron chi connectivity index (χ3n) is 8.04. The van der Waals surface area contributed by atoms with Crippen LogP contribution in [0.3, 0.4) is 0 Å². The van der Waals surface area contributed by atoms with Crippen molar-refractivity contribution in [2.45, 2.75) is 56.7 Å². The number of hydrogen-bond donors (Lipinski definition) is 3. The van der Waals surface area contributed by atoms with E-state index in [1.54, 1.807) is 17.3 Å². The molecule has 0 radical (unpaired) electrons. The van der Waals surface area contributed by atoms with Crippen LogP contribution in [0.5, 0.6) is 0 Å². The Hall–Kier alpha value is -4.15. The fraction of sp³-hybridized carbons (Fsp3) is 0.345. The molecule has 39 heavy (non-hydrogen) atoms. The van der Waals surface area contributed by atoms with Crippen molar-refractivity contribution in [2.24, 2.45) is 0 Å². The van der Waals surface area contributed by atoms with Gasteiger partial charge in [-0.2, -0.15) is 9.61 Å². The molecule has 0 spiro atoms. The molecule has 0 unspecified atom stereocenters. The molecule has 4 N–H and O–H groups in total. The molecule has 10 nitrogen and oxygen atoms in total. The molecule has 0 saturated carbocycles. The van der Waals surface area contributed by atoms with Gasteiger partial charge in [-0.25, -0.2) is 4.98 Å². The molecule has 4 atom stereocenters. The molecule has 6 rings (SSSR count). The van der Waals surface area contributed by atoms with Crippen LogP contribution < -0.4 is 5.73 Å². The first-order valence-corrected chi connectivity index (χ1v) is 13.2. The van der Waals surface area contributed by atoms with E-state index in [1.807, 2.05) is 42.5 Å². The predicted octanol–water partition coefficient (Wildman–Crippen LogP) is 2.83. The number of carbonyl (C=O) groups excluding carboxylic acids is 2. The van der Waals surface area contributed by atoms with Crippen LogP contribution in [0.2, 0.25) is 0 Å². The number of carbonyl (C=O) groups is 2. The summed E-state index contributed by atoms with van der Waals surface area (Å²) in [5.41, 5.74) is 11.5. The van der Waals surface area contributed by atoms with E-state index in [1.165, 1.54) is 11.4 Å². The quantitative estimate of drug-likeness (QED) is 0.325. The Bertz CT molecular complexity index is 1540. The first-order chi connectivity index (χ1) is 18.9. The number of nitrogens with zero attached hydrogens (tertiary/aromatic N) is 5. The maximum Gasteiger partial charge on any atom is 0.254 e. The molecule has 2 fully saturated rings. The van der Waals surface area contributed by atoms with Crippen LogP contribution in [0.25, 0.3) is 28.0 Å². The minimum Gasteiger partial charge on any atom is -0.393 e. The summed E-state index contributed by atoms with van der Waals surface area (Å²) < 4.78 is 1.51. The molecule has 1 aromatic carbocycles. The number of fused-ring (bicyclic) bond motifs is 3. The van der Waals surface area contributed by atoms with E-state index in [0.717, 1.165) is 35.2 Å². The number of ketones is 1. The van der Waals surface area contributed by atoms with Gasteiger partial charge in [-0.1, -0.05) is 36.4 Å². The van der Waals surface area contributed by atoms with E-state index < -0.39 is 18.6 Å². The SMILES string of the molecule is CC(=O)c1c([C@H]2C[C@H]3CC[C@@H](C2)N3C(=O)[C@H](O)CO)nc2c(-c3ccc(-c4ccccc4)nc3)cnn2c1N. The summed E-state index contributed by atoms with van der Waals surface area (Å²) in [5, 5.41) is 23.7. The number of hydrogen-bond acceptors (Lipinski definition) is 8. The first-order valence-electron chi connectivity index (χ1n) is 13.2. The number of nitrogen functional groups attached to an aromatic ring is 1. The highest BCUT2D eigenvalue weighted by Gasteiger charge is 2.46. The molecule has 0 aliphatic carbocycles. The van der Waals surface area contributed by atoms with Crippen molar-refractivity contribution in [2.75, 3.05) is 12.3 Å². The van der Waals surface area contributed by atoms with Gasteiger partial charge in [-0.15, -0.1) is 0 Å². The third kappa shape index (κ3) is 4.25. The maximum absolute atomic E-state index is 12.8. The van der Waals surface area contributed by atoms with Gasteiger partial charge in [0.05, 0.1) is 29.8 Å². The van der Waals surface area contributed by atoms with Crippen LogP contribution in [-0.2, 0) is 4.79 Å². The van der Waals surface area contributed by atoms with E-state index >= 15 is 0 Å². The van der Waals surface area contributed by atoms with Gasteiger partial charge in [-0.05, 0) is 38.7 Å². The van der Waals surface area contributed by atoms with Crippen molar-refractivity contribution in [3.05, 3.63) is 66.1 Å². The zero-order valence-corrected chi connectivity index (χ0v) is 21.6. The van der Waals surface area contributed by atoms with Gasteiger partial charge in [-0.3, -0.25) is 14.6 Å². The normalized spacial score (nSPS) is 21.3. The van der Waals surface area contributed by atoms with Crippen molar-refractivity contribution in [3.8, 4) is 22.4 Å². The Morgan fingerprint density at radius 2 is 1.77 bits per heavy atom. The lowest BCUT2D eigenvalue weighted by atomic mass is 9.85. The molecule has 5 heterocycles. The number of nitrogens with two attached hydrogens (primary N) is 1. The Kier molecular flexibility index (Phi) is 6.36.